The van der Waals surface area contributed by atoms with Crippen LogP contribution in [0.3, 0.4) is 0 Å². The first-order valence-corrected chi connectivity index (χ1v) is 7.70. The molecule has 0 aliphatic carbocycles. The van der Waals surface area contributed by atoms with Crippen molar-refractivity contribution in [2.45, 2.75) is 25.6 Å². The highest BCUT2D eigenvalue weighted by molar-refractivity contribution is 7.16. The van der Waals surface area contributed by atoms with Crippen LogP contribution in [0.2, 0.25) is 4.34 Å². The highest BCUT2D eigenvalue weighted by Gasteiger charge is 2.30. The normalized spacial score (nSPS) is 13.4. The van der Waals surface area contributed by atoms with Gasteiger partial charge in [0.2, 0.25) is 0 Å². The molecule has 2 aromatic rings. The Kier molecular flexibility index (Phi) is 5.30. The van der Waals surface area contributed by atoms with E-state index in [-0.39, 0.29) is 6.04 Å². The van der Waals surface area contributed by atoms with E-state index in [1.807, 2.05) is 19.1 Å². The number of alkyl halides is 3. The number of thiophene rings is 1. The average molecular weight is 334 g/mol. The Labute approximate surface area is 130 Å². The average Bonchev–Trinajstić information content (AvgIpc) is 2.83. The number of halogens is 4. The molecule has 0 aliphatic rings. The summed E-state index contributed by atoms with van der Waals surface area (Å²) in [5.41, 5.74) is 0.0210. The molecule has 0 fully saturated rings. The highest BCUT2D eigenvalue weighted by atomic mass is 35.5. The van der Waals surface area contributed by atoms with E-state index in [0.29, 0.717) is 12.1 Å². The van der Waals surface area contributed by atoms with Gasteiger partial charge in [-0.1, -0.05) is 23.7 Å². The lowest BCUT2D eigenvalue weighted by atomic mass is 10.0. The smallest absolute Gasteiger partial charge is 0.310 e. The summed E-state index contributed by atoms with van der Waals surface area (Å²) in [5.74, 6) is 0. The lowest BCUT2D eigenvalue weighted by Crippen LogP contribution is -2.21. The zero-order valence-corrected chi connectivity index (χ0v) is 12.9. The third-order valence-corrected chi connectivity index (χ3v) is 4.46. The lowest BCUT2D eigenvalue weighted by Gasteiger charge is -2.16. The minimum absolute atomic E-state index is 0.136. The summed E-state index contributed by atoms with van der Waals surface area (Å²) in [4.78, 5) is 1.16. The van der Waals surface area contributed by atoms with E-state index in [1.165, 1.54) is 23.5 Å². The number of benzene rings is 1. The summed E-state index contributed by atoms with van der Waals surface area (Å²) in [7, 11) is 0. The summed E-state index contributed by atoms with van der Waals surface area (Å²) in [6, 6.07) is 9.10. The molecule has 0 saturated carbocycles. The van der Waals surface area contributed by atoms with Gasteiger partial charge in [-0.3, -0.25) is 0 Å². The fourth-order valence-electron chi connectivity index (χ4n) is 2.00. The van der Waals surface area contributed by atoms with Crippen LogP contribution in [-0.4, -0.2) is 6.54 Å². The highest BCUT2D eigenvalue weighted by Crippen LogP contribution is 2.30. The van der Waals surface area contributed by atoms with Crippen LogP contribution in [0, 0.1) is 0 Å². The van der Waals surface area contributed by atoms with Gasteiger partial charge in [0.15, 0.2) is 0 Å². The Morgan fingerprint density at radius 1 is 1.24 bits per heavy atom. The molecule has 1 atom stereocenters. The summed E-state index contributed by atoms with van der Waals surface area (Å²) in [6.45, 7) is 2.55. The minimum Gasteiger partial charge on any atom is -0.310 e. The zero-order valence-electron chi connectivity index (χ0n) is 11.4. The summed E-state index contributed by atoms with van der Waals surface area (Å²) in [5, 5.41) is 3.23. The van der Waals surface area contributed by atoms with Crippen LogP contribution in [0.15, 0.2) is 36.4 Å². The Balaban J connectivity index is 1.92. The van der Waals surface area contributed by atoms with Crippen LogP contribution in [0.5, 0.6) is 0 Å². The third-order valence-electron chi connectivity index (χ3n) is 3.16. The van der Waals surface area contributed by atoms with Crippen LogP contribution < -0.4 is 5.32 Å². The Hall–Kier alpha value is -1.04. The van der Waals surface area contributed by atoms with E-state index in [4.69, 9.17) is 11.6 Å². The number of rotatable bonds is 5. The molecule has 1 aromatic carbocycles. The molecule has 1 N–H and O–H groups in total. The SMILES string of the molecule is CC(NCCc1ccc(Cl)s1)c1cccc(C(F)(F)F)c1. The van der Waals surface area contributed by atoms with Crippen molar-refractivity contribution in [3.63, 3.8) is 0 Å². The molecule has 0 spiro atoms. The van der Waals surface area contributed by atoms with Gasteiger partial charge < -0.3 is 5.32 Å². The molecule has 0 amide bonds. The van der Waals surface area contributed by atoms with Gasteiger partial charge in [0.25, 0.3) is 0 Å². The molecule has 114 valence electrons. The van der Waals surface area contributed by atoms with Gasteiger partial charge >= 0.3 is 6.18 Å². The van der Waals surface area contributed by atoms with Crippen molar-refractivity contribution in [1.82, 2.24) is 5.32 Å². The first-order valence-electron chi connectivity index (χ1n) is 6.51. The standard InChI is InChI=1S/C15H15ClF3NS/c1-10(20-8-7-13-5-6-14(16)21-13)11-3-2-4-12(9-11)15(17,18)19/h2-6,9-10,20H,7-8H2,1H3. The van der Waals surface area contributed by atoms with E-state index in [2.05, 4.69) is 5.32 Å². The molecule has 0 radical (unpaired) electrons. The molecular weight excluding hydrogens is 319 g/mol. The lowest BCUT2D eigenvalue weighted by molar-refractivity contribution is -0.137. The zero-order chi connectivity index (χ0) is 15.5. The molecule has 0 aliphatic heterocycles. The van der Waals surface area contributed by atoms with Crippen molar-refractivity contribution in [3.05, 3.63) is 56.7 Å². The van der Waals surface area contributed by atoms with Crippen LogP contribution in [0.25, 0.3) is 0 Å². The molecule has 1 unspecified atom stereocenters. The second-order valence-corrected chi connectivity index (χ2v) is 6.55. The van der Waals surface area contributed by atoms with Crippen molar-refractivity contribution in [1.29, 1.82) is 0 Å². The topological polar surface area (TPSA) is 12.0 Å². The quantitative estimate of drug-likeness (QED) is 0.781. The number of hydrogen-bond donors (Lipinski definition) is 1. The largest absolute Gasteiger partial charge is 0.416 e. The predicted molar refractivity (Wildman–Crippen MR) is 80.9 cm³/mol. The monoisotopic (exact) mass is 333 g/mol. The maximum absolute atomic E-state index is 12.7. The fourth-order valence-corrected chi connectivity index (χ4v) is 3.09. The Morgan fingerprint density at radius 3 is 2.62 bits per heavy atom. The van der Waals surface area contributed by atoms with Gasteiger partial charge in [-0.25, -0.2) is 0 Å². The van der Waals surface area contributed by atoms with Crippen molar-refractivity contribution in [2.75, 3.05) is 6.54 Å². The van der Waals surface area contributed by atoms with Crippen LogP contribution in [0.1, 0.15) is 29.0 Å². The number of nitrogens with one attached hydrogen (secondary N) is 1. The maximum Gasteiger partial charge on any atom is 0.416 e. The molecule has 1 nitrogen and oxygen atoms in total. The summed E-state index contributed by atoms with van der Waals surface area (Å²) < 4.78 is 38.8. The van der Waals surface area contributed by atoms with Crippen molar-refractivity contribution < 1.29 is 13.2 Å². The second-order valence-electron chi connectivity index (χ2n) is 4.75. The first-order chi connectivity index (χ1) is 9.86. The molecule has 21 heavy (non-hydrogen) atoms. The van der Waals surface area contributed by atoms with Gasteiger partial charge in [-0.05, 0) is 43.2 Å². The van der Waals surface area contributed by atoms with Gasteiger partial charge in [-0.15, -0.1) is 11.3 Å². The molecule has 1 heterocycles. The molecule has 0 bridgehead atoms. The summed E-state index contributed by atoms with van der Waals surface area (Å²) in [6.07, 6.45) is -3.50. The van der Waals surface area contributed by atoms with Crippen molar-refractivity contribution in [3.8, 4) is 0 Å². The Morgan fingerprint density at radius 2 is 2.00 bits per heavy atom. The van der Waals surface area contributed by atoms with Crippen LogP contribution >= 0.6 is 22.9 Å². The predicted octanol–water partition coefficient (Wildman–Crippen LogP) is 5.31. The second kappa shape index (κ2) is 6.81. The number of hydrogen-bond acceptors (Lipinski definition) is 2. The fraction of sp³-hybridized carbons (Fsp3) is 0.333. The van der Waals surface area contributed by atoms with Crippen LogP contribution in [-0.2, 0) is 12.6 Å². The van der Waals surface area contributed by atoms with Gasteiger partial charge in [0, 0.05) is 17.5 Å². The molecule has 1 aromatic heterocycles. The maximum atomic E-state index is 12.7. The molecule has 2 rings (SSSR count). The van der Waals surface area contributed by atoms with Gasteiger partial charge in [0.1, 0.15) is 0 Å². The van der Waals surface area contributed by atoms with E-state index in [1.54, 1.807) is 6.07 Å². The first kappa shape index (κ1) is 16.3. The van der Waals surface area contributed by atoms with E-state index in [9.17, 15) is 13.2 Å². The van der Waals surface area contributed by atoms with E-state index >= 15 is 0 Å². The van der Waals surface area contributed by atoms with Crippen molar-refractivity contribution >= 4 is 22.9 Å². The van der Waals surface area contributed by atoms with E-state index < -0.39 is 11.7 Å². The molecule has 6 heteroatoms. The van der Waals surface area contributed by atoms with Crippen LogP contribution in [0.4, 0.5) is 13.2 Å². The molecular formula is C15H15ClF3NS. The van der Waals surface area contributed by atoms with E-state index in [0.717, 1.165) is 21.7 Å². The Bertz CT molecular complexity index is 595. The molecule has 0 saturated heterocycles. The van der Waals surface area contributed by atoms with Gasteiger partial charge in [-0.2, -0.15) is 13.2 Å². The van der Waals surface area contributed by atoms with Crippen molar-refractivity contribution in [2.24, 2.45) is 0 Å². The van der Waals surface area contributed by atoms with Gasteiger partial charge in [0.05, 0.1) is 9.90 Å². The third kappa shape index (κ3) is 4.73. The summed E-state index contributed by atoms with van der Waals surface area (Å²) >= 11 is 7.37. The minimum atomic E-state index is -4.30.